The van der Waals surface area contributed by atoms with Gasteiger partial charge in [-0.25, -0.2) is 0 Å². The molecular weight excluding hydrogens is 292 g/mol. The first kappa shape index (κ1) is 16.7. The fourth-order valence-corrected chi connectivity index (χ4v) is 1.98. The summed E-state index contributed by atoms with van der Waals surface area (Å²) in [4.78, 5) is 23.6. The van der Waals surface area contributed by atoms with Gasteiger partial charge in [-0.1, -0.05) is 30.3 Å². The van der Waals surface area contributed by atoms with E-state index >= 15 is 0 Å². The summed E-state index contributed by atoms with van der Waals surface area (Å²) < 4.78 is 5.03. The molecule has 0 atom stereocenters. The van der Waals surface area contributed by atoms with Crippen LogP contribution in [0.2, 0.25) is 0 Å². The Labute approximate surface area is 135 Å². The Morgan fingerprint density at radius 1 is 1.00 bits per heavy atom. The van der Waals surface area contributed by atoms with Gasteiger partial charge in [0.15, 0.2) is 0 Å². The van der Waals surface area contributed by atoms with Gasteiger partial charge in [-0.15, -0.1) is 0 Å². The fraction of sp³-hybridized carbons (Fsp3) is 0.222. The van der Waals surface area contributed by atoms with Crippen LogP contribution in [0.4, 0.5) is 5.69 Å². The Morgan fingerprint density at radius 3 is 2.35 bits per heavy atom. The minimum atomic E-state index is -0.215. The van der Waals surface area contributed by atoms with E-state index in [1.165, 1.54) is 0 Å². The van der Waals surface area contributed by atoms with Gasteiger partial charge in [-0.3, -0.25) is 9.59 Å². The minimum Gasteiger partial charge on any atom is -0.372 e. The third-order valence-corrected chi connectivity index (χ3v) is 3.16. The average molecular weight is 312 g/mol. The molecule has 2 aromatic rings. The molecule has 0 aliphatic carbocycles. The first-order valence-electron chi connectivity index (χ1n) is 7.49. The smallest absolute Gasteiger partial charge is 0.251 e. The van der Waals surface area contributed by atoms with Crippen molar-refractivity contribution in [3.05, 3.63) is 65.7 Å². The van der Waals surface area contributed by atoms with Crippen LogP contribution in [0.25, 0.3) is 0 Å². The van der Waals surface area contributed by atoms with Gasteiger partial charge in [0.1, 0.15) is 6.61 Å². The van der Waals surface area contributed by atoms with Crippen molar-refractivity contribution in [2.75, 3.05) is 18.5 Å². The molecule has 23 heavy (non-hydrogen) atoms. The van der Waals surface area contributed by atoms with E-state index in [2.05, 4.69) is 10.6 Å². The zero-order valence-corrected chi connectivity index (χ0v) is 13.0. The SMILES string of the molecule is CCOCC(=O)Nc1ccc(C(=O)NCc2ccccc2)cc1. The van der Waals surface area contributed by atoms with Crippen LogP contribution in [0.15, 0.2) is 54.6 Å². The molecule has 5 nitrogen and oxygen atoms in total. The highest BCUT2D eigenvalue weighted by molar-refractivity contribution is 5.96. The molecule has 0 aliphatic rings. The fourth-order valence-electron chi connectivity index (χ4n) is 1.98. The normalized spacial score (nSPS) is 10.1. The largest absolute Gasteiger partial charge is 0.372 e. The molecule has 2 amide bonds. The van der Waals surface area contributed by atoms with E-state index in [4.69, 9.17) is 4.74 Å². The van der Waals surface area contributed by atoms with Crippen molar-refractivity contribution in [2.45, 2.75) is 13.5 Å². The second-order valence-corrected chi connectivity index (χ2v) is 4.93. The zero-order chi connectivity index (χ0) is 16.5. The molecule has 2 rings (SSSR count). The van der Waals surface area contributed by atoms with Gasteiger partial charge in [-0.05, 0) is 36.8 Å². The zero-order valence-electron chi connectivity index (χ0n) is 13.0. The van der Waals surface area contributed by atoms with Gasteiger partial charge in [0.25, 0.3) is 5.91 Å². The lowest BCUT2D eigenvalue weighted by Gasteiger charge is -2.08. The molecule has 2 N–H and O–H groups in total. The van der Waals surface area contributed by atoms with E-state index < -0.39 is 0 Å². The number of carbonyl (C=O) groups is 2. The number of rotatable bonds is 7. The summed E-state index contributed by atoms with van der Waals surface area (Å²) in [5.41, 5.74) is 2.22. The van der Waals surface area contributed by atoms with E-state index in [1.54, 1.807) is 24.3 Å². The van der Waals surface area contributed by atoms with Gasteiger partial charge in [0.05, 0.1) is 0 Å². The molecule has 0 radical (unpaired) electrons. The van der Waals surface area contributed by atoms with E-state index in [1.807, 2.05) is 37.3 Å². The summed E-state index contributed by atoms with van der Waals surface area (Å²) in [6, 6.07) is 16.5. The second-order valence-electron chi connectivity index (χ2n) is 4.93. The monoisotopic (exact) mass is 312 g/mol. The van der Waals surface area contributed by atoms with Crippen LogP contribution in [0.5, 0.6) is 0 Å². The van der Waals surface area contributed by atoms with Gasteiger partial charge >= 0.3 is 0 Å². The average Bonchev–Trinajstić information content (AvgIpc) is 2.59. The molecule has 0 saturated heterocycles. The van der Waals surface area contributed by atoms with Gasteiger partial charge in [0.2, 0.25) is 5.91 Å². The van der Waals surface area contributed by atoms with Crippen LogP contribution >= 0.6 is 0 Å². The van der Waals surface area contributed by atoms with E-state index in [0.29, 0.717) is 24.4 Å². The first-order chi connectivity index (χ1) is 11.2. The predicted molar refractivity (Wildman–Crippen MR) is 89.2 cm³/mol. The third kappa shape index (κ3) is 5.56. The van der Waals surface area contributed by atoms with Crippen molar-refractivity contribution in [1.29, 1.82) is 0 Å². The van der Waals surface area contributed by atoms with Crippen molar-refractivity contribution in [3.63, 3.8) is 0 Å². The summed E-state index contributed by atoms with van der Waals surface area (Å²) in [5.74, 6) is -0.367. The number of hydrogen-bond acceptors (Lipinski definition) is 3. The highest BCUT2D eigenvalue weighted by atomic mass is 16.5. The molecule has 2 aromatic carbocycles. The van der Waals surface area contributed by atoms with Crippen molar-refractivity contribution >= 4 is 17.5 Å². The van der Waals surface area contributed by atoms with Crippen molar-refractivity contribution < 1.29 is 14.3 Å². The standard InChI is InChI=1S/C18H20N2O3/c1-2-23-13-17(21)20-16-10-8-15(9-11-16)18(22)19-12-14-6-4-3-5-7-14/h3-11H,2,12-13H2,1H3,(H,19,22)(H,20,21). The molecule has 0 aromatic heterocycles. The van der Waals surface area contributed by atoms with Crippen molar-refractivity contribution in [1.82, 2.24) is 5.32 Å². The molecule has 0 spiro atoms. The molecule has 0 heterocycles. The summed E-state index contributed by atoms with van der Waals surface area (Å²) >= 11 is 0. The maximum absolute atomic E-state index is 12.1. The predicted octanol–water partition coefficient (Wildman–Crippen LogP) is 2.59. The van der Waals surface area contributed by atoms with Crippen molar-refractivity contribution in [3.8, 4) is 0 Å². The van der Waals surface area contributed by atoms with Crippen molar-refractivity contribution in [2.24, 2.45) is 0 Å². The Kier molecular flexibility index (Phi) is 6.32. The van der Waals surface area contributed by atoms with Crippen LogP contribution in [-0.4, -0.2) is 25.0 Å². The molecular formula is C18H20N2O3. The molecule has 120 valence electrons. The quantitative estimate of drug-likeness (QED) is 0.826. The van der Waals surface area contributed by atoms with E-state index in [0.717, 1.165) is 5.56 Å². The molecule has 0 fully saturated rings. The molecule has 0 unspecified atom stereocenters. The summed E-state index contributed by atoms with van der Waals surface area (Å²) in [6.45, 7) is 2.83. The Hall–Kier alpha value is -2.66. The Balaban J connectivity index is 1.86. The topological polar surface area (TPSA) is 67.4 Å². The molecule has 5 heteroatoms. The van der Waals surface area contributed by atoms with Crippen LogP contribution in [0, 0.1) is 0 Å². The highest BCUT2D eigenvalue weighted by Crippen LogP contribution is 2.10. The van der Waals surface area contributed by atoms with E-state index in [9.17, 15) is 9.59 Å². The third-order valence-electron chi connectivity index (χ3n) is 3.16. The number of nitrogens with one attached hydrogen (secondary N) is 2. The lowest BCUT2D eigenvalue weighted by atomic mass is 10.1. The maximum atomic E-state index is 12.1. The number of anilines is 1. The number of ether oxygens (including phenoxy) is 1. The summed E-state index contributed by atoms with van der Waals surface area (Å²) in [5, 5.41) is 5.56. The molecule has 0 saturated carbocycles. The number of carbonyl (C=O) groups excluding carboxylic acids is 2. The van der Waals surface area contributed by atoms with Crippen LogP contribution in [0.1, 0.15) is 22.8 Å². The minimum absolute atomic E-state index is 0.0236. The second kappa shape index (κ2) is 8.70. The molecule has 0 aliphatic heterocycles. The lowest BCUT2D eigenvalue weighted by molar-refractivity contribution is -0.120. The maximum Gasteiger partial charge on any atom is 0.251 e. The van der Waals surface area contributed by atoms with Crippen LogP contribution in [-0.2, 0) is 16.1 Å². The number of amides is 2. The number of hydrogen-bond donors (Lipinski definition) is 2. The Morgan fingerprint density at radius 2 is 1.70 bits per heavy atom. The summed E-state index contributed by atoms with van der Waals surface area (Å²) in [6.07, 6.45) is 0. The van der Waals surface area contributed by atoms with Crippen LogP contribution in [0.3, 0.4) is 0 Å². The van der Waals surface area contributed by atoms with Gasteiger partial charge < -0.3 is 15.4 Å². The first-order valence-corrected chi connectivity index (χ1v) is 7.49. The lowest BCUT2D eigenvalue weighted by Crippen LogP contribution is -2.23. The summed E-state index contributed by atoms with van der Waals surface area (Å²) in [7, 11) is 0. The van der Waals surface area contributed by atoms with Gasteiger partial charge in [0, 0.05) is 24.4 Å². The van der Waals surface area contributed by atoms with Crippen LogP contribution < -0.4 is 10.6 Å². The van der Waals surface area contributed by atoms with Gasteiger partial charge in [-0.2, -0.15) is 0 Å². The highest BCUT2D eigenvalue weighted by Gasteiger charge is 2.06. The Bertz CT molecular complexity index is 639. The molecule has 0 bridgehead atoms. The van der Waals surface area contributed by atoms with E-state index in [-0.39, 0.29) is 18.4 Å². The number of benzene rings is 2.